The number of thioether (sulfide) groups is 1. The van der Waals surface area contributed by atoms with Crippen molar-refractivity contribution in [2.75, 3.05) is 17.3 Å². The first-order valence-corrected chi connectivity index (χ1v) is 9.32. The maximum absolute atomic E-state index is 11.3. The van der Waals surface area contributed by atoms with Crippen LogP contribution >= 0.6 is 27.7 Å². The first kappa shape index (κ1) is 16.5. The van der Waals surface area contributed by atoms with Crippen molar-refractivity contribution in [3.8, 4) is 0 Å². The van der Waals surface area contributed by atoms with E-state index in [9.17, 15) is 13.2 Å². The summed E-state index contributed by atoms with van der Waals surface area (Å²) in [5, 5.41) is 9.06. The van der Waals surface area contributed by atoms with Gasteiger partial charge in [0.1, 0.15) is 9.84 Å². The monoisotopic (exact) mass is 366 g/mol. The molecule has 0 saturated heterocycles. The van der Waals surface area contributed by atoms with Gasteiger partial charge in [0.05, 0.1) is 11.3 Å². The van der Waals surface area contributed by atoms with Crippen LogP contribution in [0, 0.1) is 0 Å². The van der Waals surface area contributed by atoms with Gasteiger partial charge in [0.2, 0.25) is 0 Å². The largest absolute Gasteiger partial charge is 0.478 e. The van der Waals surface area contributed by atoms with Crippen LogP contribution in [0.2, 0.25) is 0 Å². The van der Waals surface area contributed by atoms with Gasteiger partial charge < -0.3 is 5.11 Å². The Balaban J connectivity index is 2.63. The number of sulfone groups is 1. The molecule has 0 aromatic heterocycles. The molecule has 0 aliphatic carbocycles. The summed E-state index contributed by atoms with van der Waals surface area (Å²) >= 11 is 4.66. The van der Waals surface area contributed by atoms with Crippen LogP contribution in [0.5, 0.6) is 0 Å². The molecule has 1 rings (SSSR count). The second-order valence-corrected chi connectivity index (χ2v) is 8.41. The lowest BCUT2D eigenvalue weighted by Gasteiger charge is -2.06. The van der Waals surface area contributed by atoms with Gasteiger partial charge >= 0.3 is 5.97 Å². The number of aromatic carboxylic acids is 1. The summed E-state index contributed by atoms with van der Waals surface area (Å²) in [7, 11) is -2.95. The Labute approximate surface area is 125 Å². The second-order valence-electron chi connectivity index (χ2n) is 3.88. The summed E-state index contributed by atoms with van der Waals surface area (Å²) in [6.45, 7) is 1.62. The van der Waals surface area contributed by atoms with Gasteiger partial charge in [0, 0.05) is 15.1 Å². The van der Waals surface area contributed by atoms with Crippen LogP contribution in [0.3, 0.4) is 0 Å². The molecule has 1 aromatic carbocycles. The maximum Gasteiger partial charge on any atom is 0.336 e. The Hall–Kier alpha value is -0.530. The van der Waals surface area contributed by atoms with E-state index in [1.165, 1.54) is 17.8 Å². The van der Waals surface area contributed by atoms with Crippen molar-refractivity contribution in [3.63, 3.8) is 0 Å². The number of hydrogen-bond acceptors (Lipinski definition) is 4. The number of rotatable bonds is 7. The van der Waals surface area contributed by atoms with Gasteiger partial charge in [-0.15, -0.1) is 11.8 Å². The minimum atomic E-state index is -2.95. The zero-order valence-electron chi connectivity index (χ0n) is 10.4. The molecule has 0 aliphatic rings. The van der Waals surface area contributed by atoms with E-state index < -0.39 is 15.8 Å². The standard InChI is InChI=1S/C12H15BrO4S2/c1-2-19(16,17)7-3-6-18-11-8-9(13)4-5-10(11)12(14)15/h4-5,8H,2-3,6-7H2,1H3,(H,14,15). The highest BCUT2D eigenvalue weighted by molar-refractivity contribution is 9.10. The van der Waals surface area contributed by atoms with Gasteiger partial charge in [-0.05, 0) is 30.4 Å². The molecule has 0 unspecified atom stereocenters. The summed E-state index contributed by atoms with van der Waals surface area (Å²) in [5.74, 6) is -0.103. The number of carboxylic acids is 1. The molecular formula is C12H15BrO4S2. The zero-order chi connectivity index (χ0) is 14.5. The van der Waals surface area contributed by atoms with Crippen molar-refractivity contribution < 1.29 is 18.3 Å². The number of carbonyl (C=O) groups is 1. The topological polar surface area (TPSA) is 71.4 Å². The van der Waals surface area contributed by atoms with Crippen LogP contribution in [-0.2, 0) is 9.84 Å². The summed E-state index contributed by atoms with van der Waals surface area (Å²) in [6.07, 6.45) is 0.520. The number of carboxylic acid groups (broad SMARTS) is 1. The van der Waals surface area contributed by atoms with Gasteiger partial charge in [-0.2, -0.15) is 0 Å². The third-order valence-corrected chi connectivity index (χ3v) is 5.90. The van der Waals surface area contributed by atoms with Crippen LogP contribution in [0.4, 0.5) is 0 Å². The van der Waals surface area contributed by atoms with E-state index in [2.05, 4.69) is 15.9 Å². The normalized spacial score (nSPS) is 11.5. The van der Waals surface area contributed by atoms with E-state index in [0.717, 1.165) is 4.47 Å². The Kier molecular flexibility index (Phi) is 6.35. The fraction of sp³-hybridized carbons (Fsp3) is 0.417. The van der Waals surface area contributed by atoms with E-state index in [1.54, 1.807) is 19.1 Å². The van der Waals surface area contributed by atoms with E-state index in [4.69, 9.17) is 5.11 Å². The molecule has 19 heavy (non-hydrogen) atoms. The Bertz CT molecular complexity index is 555. The SMILES string of the molecule is CCS(=O)(=O)CCCSc1cc(Br)ccc1C(=O)O. The summed E-state index contributed by atoms with van der Waals surface area (Å²) in [5.41, 5.74) is 0.242. The Morgan fingerprint density at radius 3 is 2.68 bits per heavy atom. The Morgan fingerprint density at radius 2 is 2.11 bits per heavy atom. The van der Waals surface area contributed by atoms with Crippen LogP contribution < -0.4 is 0 Å². The minimum absolute atomic E-state index is 0.146. The van der Waals surface area contributed by atoms with Crippen molar-refractivity contribution >= 4 is 43.5 Å². The highest BCUT2D eigenvalue weighted by atomic mass is 79.9. The van der Waals surface area contributed by atoms with Crippen molar-refractivity contribution in [3.05, 3.63) is 28.2 Å². The van der Waals surface area contributed by atoms with Gasteiger partial charge in [0.15, 0.2) is 0 Å². The van der Waals surface area contributed by atoms with Crippen molar-refractivity contribution in [2.24, 2.45) is 0 Å². The second kappa shape index (κ2) is 7.31. The fourth-order valence-corrected chi connectivity index (χ4v) is 4.00. The molecule has 0 fully saturated rings. The van der Waals surface area contributed by atoms with Gasteiger partial charge in [-0.1, -0.05) is 22.9 Å². The number of benzene rings is 1. The summed E-state index contributed by atoms with van der Waals surface area (Å²) in [4.78, 5) is 11.7. The maximum atomic E-state index is 11.3. The Morgan fingerprint density at radius 1 is 1.42 bits per heavy atom. The molecule has 0 aliphatic heterocycles. The predicted octanol–water partition coefficient (Wildman–Crippen LogP) is 3.06. The number of hydrogen-bond donors (Lipinski definition) is 1. The zero-order valence-corrected chi connectivity index (χ0v) is 13.6. The first-order chi connectivity index (χ1) is 8.85. The lowest BCUT2D eigenvalue weighted by molar-refractivity contribution is 0.0693. The van der Waals surface area contributed by atoms with Gasteiger partial charge in [0.25, 0.3) is 0 Å². The molecule has 0 saturated carbocycles. The molecular weight excluding hydrogens is 352 g/mol. The van der Waals surface area contributed by atoms with Crippen molar-refractivity contribution in [1.29, 1.82) is 0 Å². The molecule has 1 aromatic rings. The molecule has 4 nitrogen and oxygen atoms in total. The highest BCUT2D eigenvalue weighted by Gasteiger charge is 2.12. The predicted molar refractivity (Wildman–Crippen MR) is 80.8 cm³/mol. The third-order valence-electron chi connectivity index (χ3n) is 2.47. The van der Waals surface area contributed by atoms with E-state index in [0.29, 0.717) is 17.1 Å². The molecule has 0 atom stereocenters. The van der Waals surface area contributed by atoms with E-state index in [-0.39, 0.29) is 17.1 Å². The van der Waals surface area contributed by atoms with Crippen LogP contribution in [0.1, 0.15) is 23.7 Å². The summed E-state index contributed by atoms with van der Waals surface area (Å²) in [6, 6.07) is 4.95. The van der Waals surface area contributed by atoms with E-state index in [1.807, 2.05) is 0 Å². The first-order valence-electron chi connectivity index (χ1n) is 5.72. The summed E-state index contributed by atoms with van der Waals surface area (Å²) < 4.78 is 23.5. The molecule has 0 spiro atoms. The van der Waals surface area contributed by atoms with Crippen LogP contribution in [0.15, 0.2) is 27.6 Å². The number of halogens is 1. The average molecular weight is 367 g/mol. The molecule has 0 bridgehead atoms. The smallest absolute Gasteiger partial charge is 0.336 e. The lowest BCUT2D eigenvalue weighted by atomic mass is 10.2. The lowest BCUT2D eigenvalue weighted by Crippen LogP contribution is -2.09. The highest BCUT2D eigenvalue weighted by Crippen LogP contribution is 2.27. The molecule has 106 valence electrons. The average Bonchev–Trinajstić information content (AvgIpc) is 2.34. The van der Waals surface area contributed by atoms with Crippen molar-refractivity contribution in [1.82, 2.24) is 0 Å². The van der Waals surface area contributed by atoms with Gasteiger partial charge in [-0.25, -0.2) is 13.2 Å². The molecule has 0 radical (unpaired) electrons. The van der Waals surface area contributed by atoms with Crippen LogP contribution in [-0.4, -0.2) is 36.8 Å². The molecule has 0 heterocycles. The van der Waals surface area contributed by atoms with Crippen LogP contribution in [0.25, 0.3) is 0 Å². The quantitative estimate of drug-likeness (QED) is 0.592. The molecule has 0 amide bonds. The van der Waals surface area contributed by atoms with E-state index >= 15 is 0 Å². The molecule has 1 N–H and O–H groups in total. The van der Waals surface area contributed by atoms with Crippen molar-refractivity contribution in [2.45, 2.75) is 18.2 Å². The minimum Gasteiger partial charge on any atom is -0.478 e. The molecule has 7 heteroatoms. The third kappa shape index (κ3) is 5.54. The van der Waals surface area contributed by atoms with Gasteiger partial charge in [-0.3, -0.25) is 0 Å². The fourth-order valence-electron chi connectivity index (χ4n) is 1.40.